The molecule has 3 N–H and O–H groups in total. The van der Waals surface area contributed by atoms with Gasteiger partial charge in [0.15, 0.2) is 5.79 Å². The first-order valence-corrected chi connectivity index (χ1v) is 4.08. The molecule has 0 aliphatic rings. The Morgan fingerprint density at radius 2 is 1.83 bits per heavy atom. The molecule has 0 bridgehead atoms. The van der Waals surface area contributed by atoms with Crippen molar-refractivity contribution in [2.45, 2.75) is 44.8 Å². The van der Waals surface area contributed by atoms with Crippen LogP contribution in [-0.2, 0) is 4.79 Å². The summed E-state index contributed by atoms with van der Waals surface area (Å²) in [5, 5.41) is 26.0. The first kappa shape index (κ1) is 11.4. The summed E-state index contributed by atoms with van der Waals surface area (Å²) < 4.78 is 0. The second kappa shape index (κ2) is 5.11. The maximum atomic E-state index is 10.1. The fraction of sp³-hybridized carbons (Fsp3) is 0.875. The number of hydrogen-bond donors (Lipinski definition) is 3. The number of carboxylic acids is 1. The zero-order valence-electron chi connectivity index (χ0n) is 7.29. The van der Waals surface area contributed by atoms with Gasteiger partial charge in [-0.3, -0.25) is 4.79 Å². The lowest BCUT2D eigenvalue weighted by atomic mass is 10.1. The molecule has 0 aliphatic carbocycles. The van der Waals surface area contributed by atoms with Gasteiger partial charge in [0, 0.05) is 12.8 Å². The highest BCUT2D eigenvalue weighted by molar-refractivity contribution is 5.66. The van der Waals surface area contributed by atoms with E-state index >= 15 is 0 Å². The smallest absolute Gasteiger partial charge is 0.303 e. The summed E-state index contributed by atoms with van der Waals surface area (Å²) in [5.74, 6) is -2.41. The van der Waals surface area contributed by atoms with Crippen molar-refractivity contribution in [2.24, 2.45) is 0 Å². The molecule has 0 aliphatic heterocycles. The van der Waals surface area contributed by atoms with Crippen LogP contribution in [0.15, 0.2) is 0 Å². The molecule has 0 amide bonds. The maximum absolute atomic E-state index is 10.1. The molecule has 0 aromatic heterocycles. The number of aliphatic carboxylic acids is 1. The Kier molecular flexibility index (Phi) is 4.85. The fourth-order valence-corrected chi connectivity index (χ4v) is 0.913. The largest absolute Gasteiger partial charge is 0.481 e. The van der Waals surface area contributed by atoms with Crippen LogP contribution < -0.4 is 0 Å². The predicted molar refractivity (Wildman–Crippen MR) is 43.6 cm³/mol. The molecule has 0 radical (unpaired) electrons. The van der Waals surface area contributed by atoms with Crippen molar-refractivity contribution in [1.29, 1.82) is 0 Å². The van der Waals surface area contributed by atoms with Gasteiger partial charge < -0.3 is 15.3 Å². The fourth-order valence-electron chi connectivity index (χ4n) is 0.913. The van der Waals surface area contributed by atoms with Crippen molar-refractivity contribution < 1.29 is 20.1 Å². The van der Waals surface area contributed by atoms with Gasteiger partial charge in [-0.05, 0) is 19.8 Å². The average molecular weight is 176 g/mol. The number of hydrogen-bond acceptors (Lipinski definition) is 3. The molecule has 0 unspecified atom stereocenters. The van der Waals surface area contributed by atoms with E-state index in [9.17, 15) is 4.79 Å². The molecular formula is C8H16O4. The van der Waals surface area contributed by atoms with Gasteiger partial charge in [-0.1, -0.05) is 6.42 Å². The molecule has 0 atom stereocenters. The Morgan fingerprint density at radius 3 is 2.25 bits per heavy atom. The van der Waals surface area contributed by atoms with Gasteiger partial charge in [-0.15, -0.1) is 0 Å². The van der Waals surface area contributed by atoms with Gasteiger partial charge in [0.05, 0.1) is 0 Å². The first-order chi connectivity index (χ1) is 5.42. The van der Waals surface area contributed by atoms with Gasteiger partial charge >= 0.3 is 5.97 Å². The zero-order valence-corrected chi connectivity index (χ0v) is 7.29. The Morgan fingerprint density at radius 1 is 1.25 bits per heavy atom. The second-order valence-corrected chi connectivity index (χ2v) is 3.17. The Labute approximate surface area is 71.8 Å². The van der Waals surface area contributed by atoms with E-state index in [-0.39, 0.29) is 6.42 Å². The summed E-state index contributed by atoms with van der Waals surface area (Å²) in [7, 11) is 0. The van der Waals surface area contributed by atoms with Crippen molar-refractivity contribution in [3.8, 4) is 0 Å². The van der Waals surface area contributed by atoms with Crippen molar-refractivity contribution in [2.75, 3.05) is 0 Å². The van der Waals surface area contributed by atoms with Gasteiger partial charge in [-0.2, -0.15) is 0 Å². The minimum Gasteiger partial charge on any atom is -0.481 e. The normalized spacial score (nSPS) is 11.6. The number of rotatable bonds is 6. The lowest BCUT2D eigenvalue weighted by molar-refractivity contribution is -0.150. The van der Waals surface area contributed by atoms with Crippen LogP contribution in [0.5, 0.6) is 0 Å². The molecule has 0 fully saturated rings. The minimum absolute atomic E-state index is 0.160. The highest BCUT2D eigenvalue weighted by Gasteiger charge is 2.13. The standard InChI is InChI=1S/C8H16O4/c1-8(11,12)6-4-2-3-5-7(9)10/h11-12H,2-6H2,1H3,(H,9,10). The topological polar surface area (TPSA) is 77.8 Å². The highest BCUT2D eigenvalue weighted by Crippen LogP contribution is 2.11. The predicted octanol–water partition coefficient (Wildman–Crippen LogP) is 0.722. The van der Waals surface area contributed by atoms with E-state index in [0.717, 1.165) is 6.42 Å². The monoisotopic (exact) mass is 176 g/mol. The molecule has 0 aromatic carbocycles. The Bertz CT molecular complexity index is 136. The van der Waals surface area contributed by atoms with E-state index in [1.54, 1.807) is 0 Å². The van der Waals surface area contributed by atoms with E-state index < -0.39 is 11.8 Å². The number of unbranched alkanes of at least 4 members (excludes halogenated alkanes) is 2. The molecule has 0 spiro atoms. The number of carbonyl (C=O) groups is 1. The quantitative estimate of drug-likeness (QED) is 0.411. The highest BCUT2D eigenvalue weighted by atomic mass is 16.5. The Hall–Kier alpha value is -0.610. The molecule has 0 rings (SSSR count). The van der Waals surface area contributed by atoms with Gasteiger partial charge in [0.1, 0.15) is 0 Å². The third-order valence-electron chi connectivity index (χ3n) is 1.54. The third kappa shape index (κ3) is 9.39. The molecule has 12 heavy (non-hydrogen) atoms. The summed E-state index contributed by atoms with van der Waals surface area (Å²) in [6.07, 6.45) is 2.44. The first-order valence-electron chi connectivity index (χ1n) is 4.08. The van der Waals surface area contributed by atoms with Crippen molar-refractivity contribution in [1.82, 2.24) is 0 Å². The maximum Gasteiger partial charge on any atom is 0.303 e. The third-order valence-corrected chi connectivity index (χ3v) is 1.54. The SMILES string of the molecule is CC(O)(O)CCCCCC(=O)O. The van der Waals surface area contributed by atoms with Crippen LogP contribution in [0, 0.1) is 0 Å². The van der Waals surface area contributed by atoms with Crippen LogP contribution in [0.1, 0.15) is 39.0 Å². The van der Waals surface area contributed by atoms with E-state index in [1.165, 1.54) is 6.92 Å². The van der Waals surface area contributed by atoms with Crippen molar-refractivity contribution in [3.63, 3.8) is 0 Å². The molecule has 0 saturated heterocycles. The van der Waals surface area contributed by atoms with Crippen molar-refractivity contribution in [3.05, 3.63) is 0 Å². The summed E-state index contributed by atoms with van der Waals surface area (Å²) in [6, 6.07) is 0. The lowest BCUT2D eigenvalue weighted by Crippen LogP contribution is -2.22. The summed E-state index contributed by atoms with van der Waals surface area (Å²) in [6.45, 7) is 1.32. The minimum atomic E-state index is -1.61. The molecular weight excluding hydrogens is 160 g/mol. The molecule has 4 nitrogen and oxygen atoms in total. The number of aliphatic hydroxyl groups is 2. The van der Waals surface area contributed by atoms with Crippen LogP contribution >= 0.6 is 0 Å². The van der Waals surface area contributed by atoms with E-state index in [1.807, 2.05) is 0 Å². The van der Waals surface area contributed by atoms with Crippen LogP contribution in [0.4, 0.5) is 0 Å². The summed E-state index contributed by atoms with van der Waals surface area (Å²) >= 11 is 0. The van der Waals surface area contributed by atoms with Crippen LogP contribution in [0.3, 0.4) is 0 Å². The lowest BCUT2D eigenvalue weighted by Gasteiger charge is -2.14. The van der Waals surface area contributed by atoms with Gasteiger partial charge in [0.2, 0.25) is 0 Å². The second-order valence-electron chi connectivity index (χ2n) is 3.17. The van der Waals surface area contributed by atoms with Crippen molar-refractivity contribution >= 4 is 5.97 Å². The van der Waals surface area contributed by atoms with Crippen LogP contribution in [-0.4, -0.2) is 27.1 Å². The van der Waals surface area contributed by atoms with Gasteiger partial charge in [0.25, 0.3) is 0 Å². The van der Waals surface area contributed by atoms with Crippen LogP contribution in [0.25, 0.3) is 0 Å². The molecule has 4 heteroatoms. The van der Waals surface area contributed by atoms with Crippen LogP contribution in [0.2, 0.25) is 0 Å². The zero-order chi connectivity index (χ0) is 9.61. The summed E-state index contributed by atoms with van der Waals surface area (Å²) in [4.78, 5) is 10.1. The molecule has 0 saturated carbocycles. The molecule has 0 heterocycles. The van der Waals surface area contributed by atoms with E-state index in [0.29, 0.717) is 19.3 Å². The Balaban J connectivity index is 3.17. The average Bonchev–Trinajstić information content (AvgIpc) is 1.83. The molecule has 72 valence electrons. The number of carboxylic acid groups (broad SMARTS) is 1. The molecule has 0 aromatic rings. The van der Waals surface area contributed by atoms with E-state index in [2.05, 4.69) is 0 Å². The summed E-state index contributed by atoms with van der Waals surface area (Å²) in [5.41, 5.74) is 0. The van der Waals surface area contributed by atoms with E-state index in [4.69, 9.17) is 15.3 Å². The van der Waals surface area contributed by atoms with Gasteiger partial charge in [-0.25, -0.2) is 0 Å².